The highest BCUT2D eigenvalue weighted by molar-refractivity contribution is 6.76. The summed E-state index contributed by atoms with van der Waals surface area (Å²) in [5, 5.41) is 0. The number of ether oxygens (including phenoxy) is 1. The number of hydrogen-bond donors (Lipinski definition) is 0. The summed E-state index contributed by atoms with van der Waals surface area (Å²) in [5.41, 5.74) is 1.34. The first kappa shape index (κ1) is 19.7. The molecule has 1 aromatic heterocycles. The number of piperidine rings is 1. The van der Waals surface area contributed by atoms with Crippen LogP contribution in [0.2, 0.25) is 25.7 Å². The average Bonchev–Trinajstić information content (AvgIpc) is 2.99. The van der Waals surface area contributed by atoms with Gasteiger partial charge in [-0.1, -0.05) is 39.9 Å². The van der Waals surface area contributed by atoms with Crippen LogP contribution in [0.25, 0.3) is 0 Å². The van der Waals surface area contributed by atoms with Crippen molar-refractivity contribution in [2.75, 3.05) is 19.7 Å². The van der Waals surface area contributed by atoms with Gasteiger partial charge in [-0.05, 0) is 43.4 Å². The van der Waals surface area contributed by atoms with Crippen LogP contribution in [-0.2, 0) is 11.3 Å². The summed E-state index contributed by atoms with van der Waals surface area (Å²) in [6, 6.07) is 5.68. The fraction of sp³-hybridized carbons (Fsp3) is 0.800. The second kappa shape index (κ2) is 9.21. The summed E-state index contributed by atoms with van der Waals surface area (Å²) in [6.45, 7) is 16.0. The predicted octanol–water partition coefficient (Wildman–Crippen LogP) is 5.37. The van der Waals surface area contributed by atoms with Crippen molar-refractivity contribution in [2.24, 2.45) is 5.92 Å². The molecule has 0 spiro atoms. The molecule has 0 N–H and O–H groups in total. The van der Waals surface area contributed by atoms with Crippen molar-refractivity contribution in [1.29, 1.82) is 0 Å². The minimum Gasteiger partial charge on any atom is -0.376 e. The Kier molecular flexibility index (Phi) is 7.57. The summed E-state index contributed by atoms with van der Waals surface area (Å²) in [4.78, 5) is 2.70. The molecule has 2 unspecified atom stereocenters. The van der Waals surface area contributed by atoms with Gasteiger partial charge in [-0.15, -0.1) is 0 Å². The van der Waals surface area contributed by atoms with Crippen LogP contribution in [0.15, 0.2) is 18.3 Å². The van der Waals surface area contributed by atoms with E-state index in [1.165, 1.54) is 50.5 Å². The fourth-order valence-corrected chi connectivity index (χ4v) is 4.18. The second-order valence-corrected chi connectivity index (χ2v) is 14.4. The molecular formula is C20H38N2OSi. The molecule has 0 saturated carbocycles. The first-order valence-corrected chi connectivity index (χ1v) is 13.6. The third kappa shape index (κ3) is 6.05. The molecule has 0 bridgehead atoms. The van der Waals surface area contributed by atoms with Gasteiger partial charge in [0.05, 0.1) is 12.8 Å². The third-order valence-corrected chi connectivity index (χ3v) is 6.96. The van der Waals surface area contributed by atoms with Crippen molar-refractivity contribution in [3.05, 3.63) is 24.0 Å². The molecule has 1 aliphatic heterocycles. The Morgan fingerprint density at radius 3 is 2.79 bits per heavy atom. The van der Waals surface area contributed by atoms with Crippen molar-refractivity contribution in [3.8, 4) is 0 Å². The zero-order chi connectivity index (χ0) is 17.6. The van der Waals surface area contributed by atoms with E-state index in [1.807, 2.05) is 0 Å². The van der Waals surface area contributed by atoms with Gasteiger partial charge in [0, 0.05) is 39.7 Å². The maximum Gasteiger partial charge on any atom is 0.0868 e. The van der Waals surface area contributed by atoms with E-state index in [4.69, 9.17) is 4.74 Å². The minimum absolute atomic E-state index is 0.526. The highest BCUT2D eigenvalue weighted by Gasteiger charge is 2.25. The summed E-state index contributed by atoms with van der Waals surface area (Å²) in [6.07, 6.45) is 8.01. The SMILES string of the molecule is CCC(C)CN1CCCCC1n1cccc1COCC[Si](C)(C)C. The molecule has 0 amide bonds. The van der Waals surface area contributed by atoms with Crippen LogP contribution < -0.4 is 0 Å². The van der Waals surface area contributed by atoms with Gasteiger partial charge < -0.3 is 9.30 Å². The molecule has 138 valence electrons. The largest absolute Gasteiger partial charge is 0.376 e. The Balaban J connectivity index is 1.96. The maximum atomic E-state index is 6.02. The van der Waals surface area contributed by atoms with Crippen LogP contribution in [-0.4, -0.2) is 37.2 Å². The quantitative estimate of drug-likeness (QED) is 0.440. The molecule has 1 aromatic rings. The van der Waals surface area contributed by atoms with Gasteiger partial charge in [0.25, 0.3) is 0 Å². The van der Waals surface area contributed by atoms with Gasteiger partial charge in [-0.2, -0.15) is 0 Å². The van der Waals surface area contributed by atoms with Gasteiger partial charge >= 0.3 is 0 Å². The molecule has 3 nitrogen and oxygen atoms in total. The normalized spacial score (nSPS) is 21.1. The summed E-state index contributed by atoms with van der Waals surface area (Å²) < 4.78 is 8.50. The molecule has 2 heterocycles. The first-order chi connectivity index (χ1) is 11.4. The zero-order valence-corrected chi connectivity index (χ0v) is 17.6. The molecule has 24 heavy (non-hydrogen) atoms. The van der Waals surface area contributed by atoms with E-state index in [0.29, 0.717) is 6.17 Å². The van der Waals surface area contributed by atoms with Crippen molar-refractivity contribution in [2.45, 2.75) is 78.0 Å². The van der Waals surface area contributed by atoms with Gasteiger partial charge in [-0.3, -0.25) is 4.90 Å². The number of aromatic nitrogens is 1. The highest BCUT2D eigenvalue weighted by atomic mass is 28.3. The number of nitrogens with zero attached hydrogens (tertiary/aromatic N) is 2. The van der Waals surface area contributed by atoms with Gasteiger partial charge in [0.2, 0.25) is 0 Å². The number of rotatable bonds is 9. The summed E-state index contributed by atoms with van der Waals surface area (Å²) in [5.74, 6) is 0.776. The van der Waals surface area contributed by atoms with E-state index >= 15 is 0 Å². The molecule has 2 atom stereocenters. The van der Waals surface area contributed by atoms with Crippen LogP contribution >= 0.6 is 0 Å². The van der Waals surface area contributed by atoms with E-state index in [2.05, 4.69) is 61.3 Å². The number of likely N-dealkylation sites (tertiary alicyclic amines) is 1. The zero-order valence-electron chi connectivity index (χ0n) is 16.6. The van der Waals surface area contributed by atoms with E-state index < -0.39 is 8.07 Å². The summed E-state index contributed by atoms with van der Waals surface area (Å²) in [7, 11) is -0.999. The first-order valence-electron chi connectivity index (χ1n) is 9.88. The lowest BCUT2D eigenvalue weighted by atomic mass is 10.0. The third-order valence-electron chi connectivity index (χ3n) is 5.26. The fourth-order valence-electron chi connectivity index (χ4n) is 3.43. The lowest BCUT2D eigenvalue weighted by molar-refractivity contribution is 0.0680. The Morgan fingerprint density at radius 2 is 2.08 bits per heavy atom. The Labute approximate surface area is 150 Å². The lowest BCUT2D eigenvalue weighted by Crippen LogP contribution is -2.39. The van der Waals surface area contributed by atoms with Gasteiger partial charge in [0.15, 0.2) is 0 Å². The molecule has 2 rings (SSSR count). The van der Waals surface area contributed by atoms with Crippen molar-refractivity contribution >= 4 is 8.07 Å². The highest BCUT2D eigenvalue weighted by Crippen LogP contribution is 2.29. The van der Waals surface area contributed by atoms with E-state index in [-0.39, 0.29) is 0 Å². The van der Waals surface area contributed by atoms with Gasteiger partial charge in [0.1, 0.15) is 0 Å². The van der Waals surface area contributed by atoms with E-state index in [0.717, 1.165) is 19.1 Å². The average molecular weight is 351 g/mol. The summed E-state index contributed by atoms with van der Waals surface area (Å²) >= 11 is 0. The van der Waals surface area contributed by atoms with E-state index in [9.17, 15) is 0 Å². The monoisotopic (exact) mass is 350 g/mol. The van der Waals surface area contributed by atoms with E-state index in [1.54, 1.807) is 0 Å². The molecule has 1 saturated heterocycles. The van der Waals surface area contributed by atoms with Crippen molar-refractivity contribution < 1.29 is 4.74 Å². The maximum absolute atomic E-state index is 6.02. The Morgan fingerprint density at radius 1 is 1.29 bits per heavy atom. The van der Waals surface area contributed by atoms with Crippen LogP contribution in [0, 0.1) is 5.92 Å². The predicted molar refractivity (Wildman–Crippen MR) is 106 cm³/mol. The molecule has 0 aliphatic carbocycles. The molecule has 1 fully saturated rings. The Bertz CT molecular complexity index is 480. The molecule has 0 aromatic carbocycles. The van der Waals surface area contributed by atoms with Crippen LogP contribution in [0.3, 0.4) is 0 Å². The molecule has 0 radical (unpaired) electrons. The standard InChI is InChI=1S/C20H38N2OSi/c1-6-18(2)16-21-12-8-7-11-20(21)22-13-9-10-19(22)17-23-14-15-24(3,4)5/h9-10,13,18,20H,6-8,11-12,14-17H2,1-5H3. The molecular weight excluding hydrogens is 312 g/mol. The topological polar surface area (TPSA) is 17.4 Å². The minimum atomic E-state index is -0.999. The van der Waals surface area contributed by atoms with Crippen molar-refractivity contribution in [3.63, 3.8) is 0 Å². The molecule has 1 aliphatic rings. The van der Waals surface area contributed by atoms with Crippen LogP contribution in [0.5, 0.6) is 0 Å². The second-order valence-electron chi connectivity index (χ2n) is 8.75. The van der Waals surface area contributed by atoms with Crippen molar-refractivity contribution in [1.82, 2.24) is 9.47 Å². The number of hydrogen-bond acceptors (Lipinski definition) is 2. The van der Waals surface area contributed by atoms with Gasteiger partial charge in [-0.25, -0.2) is 0 Å². The van der Waals surface area contributed by atoms with Crippen LogP contribution in [0.4, 0.5) is 0 Å². The molecule has 4 heteroatoms. The van der Waals surface area contributed by atoms with Crippen LogP contribution in [0.1, 0.15) is 51.4 Å². The lowest BCUT2D eigenvalue weighted by Gasteiger charge is -2.39. The Hall–Kier alpha value is -0.583. The smallest absolute Gasteiger partial charge is 0.0868 e.